The first-order valence-electron chi connectivity index (χ1n) is 7.07. The molecule has 0 aliphatic carbocycles. The van der Waals surface area contributed by atoms with Crippen molar-refractivity contribution in [3.05, 3.63) is 88.7 Å². The third-order valence-corrected chi connectivity index (χ3v) is 3.39. The average molecular weight is 298 g/mol. The topological polar surface area (TPSA) is 35.8 Å². The monoisotopic (exact) mass is 298 g/mol. The number of rotatable bonds is 4. The number of anilines is 2. The SMILES string of the molecule is [C-]#[N+]/C(C#N)=C(\[N+]#[C-])c1ccc(N(CC)c2ccccc2)cc1. The predicted octanol–water partition coefficient (Wildman–Crippen LogP) is 4.88. The summed E-state index contributed by atoms with van der Waals surface area (Å²) in [5.41, 5.74) is 2.58. The van der Waals surface area contributed by atoms with Crippen molar-refractivity contribution >= 4 is 17.1 Å². The summed E-state index contributed by atoms with van der Waals surface area (Å²) in [5.74, 6) is 0. The molecule has 0 spiro atoms. The Labute approximate surface area is 136 Å². The van der Waals surface area contributed by atoms with Gasteiger partial charge in [-0.15, -0.1) is 0 Å². The molecule has 0 unspecified atom stereocenters. The summed E-state index contributed by atoms with van der Waals surface area (Å²) in [6.45, 7) is 17.1. The molecule has 0 atom stereocenters. The van der Waals surface area contributed by atoms with Gasteiger partial charge in [0.1, 0.15) is 0 Å². The van der Waals surface area contributed by atoms with E-state index in [9.17, 15) is 0 Å². The molecule has 4 heteroatoms. The molecule has 0 bridgehead atoms. The van der Waals surface area contributed by atoms with Gasteiger partial charge >= 0.3 is 0 Å². The standard InChI is InChI=1S/C19H14N4/c1-4-23(16-8-6-5-7-9-16)17-12-10-15(11-13-17)19(22-3)18(14-20)21-2/h5-13H,4H2,1H3/b19-18-. The quantitative estimate of drug-likeness (QED) is 0.596. The summed E-state index contributed by atoms with van der Waals surface area (Å²) in [5, 5.41) is 8.95. The van der Waals surface area contributed by atoms with Crippen LogP contribution in [-0.4, -0.2) is 6.54 Å². The minimum Gasteiger partial charge on any atom is -0.342 e. The Kier molecular flexibility index (Phi) is 5.13. The van der Waals surface area contributed by atoms with Crippen molar-refractivity contribution in [2.75, 3.05) is 11.4 Å². The zero-order valence-electron chi connectivity index (χ0n) is 12.7. The van der Waals surface area contributed by atoms with Crippen molar-refractivity contribution in [2.24, 2.45) is 0 Å². The van der Waals surface area contributed by atoms with E-state index in [0.29, 0.717) is 5.56 Å². The second kappa shape index (κ2) is 7.46. The van der Waals surface area contributed by atoms with Crippen molar-refractivity contribution in [2.45, 2.75) is 6.92 Å². The fourth-order valence-corrected chi connectivity index (χ4v) is 2.31. The van der Waals surface area contributed by atoms with Crippen molar-refractivity contribution in [3.63, 3.8) is 0 Å². The summed E-state index contributed by atoms with van der Waals surface area (Å²) in [6.07, 6.45) is 0. The van der Waals surface area contributed by atoms with Gasteiger partial charge in [-0.25, -0.2) is 15.0 Å². The number of hydrogen-bond acceptors (Lipinski definition) is 2. The molecule has 0 aliphatic heterocycles. The highest BCUT2D eigenvalue weighted by molar-refractivity contribution is 5.78. The third-order valence-electron chi connectivity index (χ3n) is 3.39. The van der Waals surface area contributed by atoms with E-state index < -0.39 is 0 Å². The lowest BCUT2D eigenvalue weighted by Gasteiger charge is -2.23. The molecular formula is C19H14N4. The van der Waals surface area contributed by atoms with Crippen LogP contribution in [0.15, 0.2) is 60.3 Å². The Morgan fingerprint density at radius 2 is 1.61 bits per heavy atom. The van der Waals surface area contributed by atoms with Gasteiger partial charge < -0.3 is 4.90 Å². The first-order valence-corrected chi connectivity index (χ1v) is 7.07. The zero-order valence-corrected chi connectivity index (χ0v) is 12.7. The lowest BCUT2D eigenvalue weighted by molar-refractivity contribution is 1.02. The molecule has 0 saturated heterocycles. The van der Waals surface area contributed by atoms with Crippen LogP contribution in [0.3, 0.4) is 0 Å². The van der Waals surface area contributed by atoms with Crippen LogP contribution >= 0.6 is 0 Å². The lowest BCUT2D eigenvalue weighted by Crippen LogP contribution is -2.15. The van der Waals surface area contributed by atoms with E-state index >= 15 is 0 Å². The second-order valence-electron chi connectivity index (χ2n) is 4.66. The number of benzene rings is 2. The van der Waals surface area contributed by atoms with Gasteiger partial charge in [-0.05, 0) is 36.8 Å². The Bertz CT molecular complexity index is 812. The summed E-state index contributed by atoms with van der Waals surface area (Å²) in [6, 6.07) is 19.1. The summed E-state index contributed by atoms with van der Waals surface area (Å²) in [7, 11) is 0. The van der Waals surface area contributed by atoms with E-state index in [0.717, 1.165) is 17.9 Å². The molecule has 0 heterocycles. The van der Waals surface area contributed by atoms with Gasteiger partial charge in [0.05, 0.1) is 19.2 Å². The van der Waals surface area contributed by atoms with Crippen molar-refractivity contribution in [1.82, 2.24) is 0 Å². The number of allylic oxidation sites excluding steroid dienone is 1. The van der Waals surface area contributed by atoms with Crippen molar-refractivity contribution in [3.8, 4) is 6.07 Å². The fourth-order valence-electron chi connectivity index (χ4n) is 2.31. The maximum atomic E-state index is 8.95. The minimum atomic E-state index is -0.178. The molecule has 0 aromatic heterocycles. The summed E-state index contributed by atoms with van der Waals surface area (Å²) in [4.78, 5) is 8.60. The van der Waals surface area contributed by atoms with E-state index in [-0.39, 0.29) is 11.4 Å². The first-order chi connectivity index (χ1) is 11.2. The maximum absolute atomic E-state index is 8.95. The van der Waals surface area contributed by atoms with Crippen LogP contribution in [-0.2, 0) is 0 Å². The van der Waals surface area contributed by atoms with Crippen LogP contribution in [0.5, 0.6) is 0 Å². The van der Waals surface area contributed by atoms with E-state index in [2.05, 4.69) is 21.5 Å². The highest BCUT2D eigenvalue weighted by Crippen LogP contribution is 2.28. The fraction of sp³-hybridized carbons (Fsp3) is 0.105. The zero-order chi connectivity index (χ0) is 16.7. The van der Waals surface area contributed by atoms with Gasteiger partial charge in [-0.1, -0.05) is 30.3 Å². The summed E-state index contributed by atoms with van der Waals surface area (Å²) >= 11 is 0. The van der Waals surface area contributed by atoms with Crippen LogP contribution in [0.2, 0.25) is 0 Å². The molecule has 110 valence electrons. The number of nitrogens with zero attached hydrogens (tertiary/aromatic N) is 4. The molecule has 2 rings (SSSR count). The highest BCUT2D eigenvalue weighted by atomic mass is 15.1. The number of hydrogen-bond donors (Lipinski definition) is 0. The molecule has 0 fully saturated rings. The van der Waals surface area contributed by atoms with Gasteiger partial charge in [0, 0.05) is 17.9 Å². The van der Waals surface area contributed by atoms with Crippen LogP contribution in [0.1, 0.15) is 12.5 Å². The molecule has 0 saturated carbocycles. The number of nitriles is 1. The molecule has 23 heavy (non-hydrogen) atoms. The van der Waals surface area contributed by atoms with Crippen LogP contribution < -0.4 is 4.90 Å². The van der Waals surface area contributed by atoms with E-state index in [4.69, 9.17) is 18.4 Å². The van der Waals surface area contributed by atoms with Gasteiger partial charge in [-0.3, -0.25) is 0 Å². The maximum Gasteiger partial charge on any atom is 0.269 e. The van der Waals surface area contributed by atoms with E-state index in [1.165, 1.54) is 0 Å². The Morgan fingerprint density at radius 1 is 1.00 bits per heavy atom. The van der Waals surface area contributed by atoms with Crippen LogP contribution in [0.25, 0.3) is 15.4 Å². The summed E-state index contributed by atoms with van der Waals surface area (Å²) < 4.78 is 0. The molecule has 4 nitrogen and oxygen atoms in total. The molecule has 0 amide bonds. The van der Waals surface area contributed by atoms with Gasteiger partial charge in [0.25, 0.3) is 5.70 Å². The Morgan fingerprint density at radius 3 is 2.09 bits per heavy atom. The normalized spacial score (nSPS) is 10.7. The lowest BCUT2D eigenvalue weighted by atomic mass is 10.1. The van der Waals surface area contributed by atoms with E-state index in [1.807, 2.05) is 42.5 Å². The minimum absolute atomic E-state index is 0.0943. The predicted molar refractivity (Wildman–Crippen MR) is 91.3 cm³/mol. The largest absolute Gasteiger partial charge is 0.342 e. The molecule has 0 aliphatic rings. The molecule has 2 aromatic carbocycles. The smallest absolute Gasteiger partial charge is 0.269 e. The highest BCUT2D eigenvalue weighted by Gasteiger charge is 2.11. The molecule has 0 N–H and O–H groups in total. The number of para-hydroxylation sites is 1. The van der Waals surface area contributed by atoms with Crippen molar-refractivity contribution in [1.29, 1.82) is 5.26 Å². The van der Waals surface area contributed by atoms with Crippen LogP contribution in [0, 0.1) is 24.5 Å². The third kappa shape index (κ3) is 3.38. The first kappa shape index (κ1) is 15.8. The van der Waals surface area contributed by atoms with Crippen molar-refractivity contribution < 1.29 is 0 Å². The van der Waals surface area contributed by atoms with Gasteiger partial charge in [0.2, 0.25) is 5.70 Å². The molecular weight excluding hydrogens is 284 g/mol. The van der Waals surface area contributed by atoms with Crippen LogP contribution in [0.4, 0.5) is 11.4 Å². The van der Waals surface area contributed by atoms with Gasteiger partial charge in [-0.2, -0.15) is 0 Å². The Balaban J connectivity index is 2.41. The van der Waals surface area contributed by atoms with E-state index in [1.54, 1.807) is 18.2 Å². The Hall–Kier alpha value is -3.55. The molecule has 0 radical (unpaired) electrons. The second-order valence-corrected chi connectivity index (χ2v) is 4.66. The molecule has 2 aromatic rings. The average Bonchev–Trinajstić information content (AvgIpc) is 2.62. The van der Waals surface area contributed by atoms with Gasteiger partial charge in [0.15, 0.2) is 0 Å².